The van der Waals surface area contributed by atoms with E-state index >= 15 is 0 Å². The molecule has 1 unspecified atom stereocenters. The first kappa shape index (κ1) is 12.4. The lowest BCUT2D eigenvalue weighted by atomic mass is 9.90. The van der Waals surface area contributed by atoms with Crippen molar-refractivity contribution in [2.24, 2.45) is 4.99 Å². The Morgan fingerprint density at radius 2 is 1.76 bits per heavy atom. The van der Waals surface area contributed by atoms with Gasteiger partial charge in [0.2, 0.25) is 0 Å². The van der Waals surface area contributed by atoms with Crippen molar-refractivity contribution in [3.8, 4) is 0 Å². The molecule has 2 heterocycles. The molecule has 4 rings (SSSR count). The fourth-order valence-electron chi connectivity index (χ4n) is 3.16. The fourth-order valence-corrected chi connectivity index (χ4v) is 3.16. The molecule has 2 N–H and O–H groups in total. The van der Waals surface area contributed by atoms with Crippen molar-refractivity contribution in [2.45, 2.75) is 19.4 Å². The van der Waals surface area contributed by atoms with Crippen molar-refractivity contribution < 1.29 is 5.11 Å². The van der Waals surface area contributed by atoms with Crippen molar-refractivity contribution in [1.29, 1.82) is 0 Å². The summed E-state index contributed by atoms with van der Waals surface area (Å²) < 4.78 is 0. The van der Waals surface area contributed by atoms with E-state index in [9.17, 15) is 5.11 Å². The molecule has 0 bridgehead atoms. The first-order valence-corrected chi connectivity index (χ1v) is 7.08. The number of hydrogen-bond donors (Lipinski definition) is 2. The summed E-state index contributed by atoms with van der Waals surface area (Å²) in [6, 6.07) is 15.9. The van der Waals surface area contributed by atoms with Gasteiger partial charge in [0.25, 0.3) is 0 Å². The highest BCUT2D eigenvalue weighted by atomic mass is 16.3. The highest BCUT2D eigenvalue weighted by Gasteiger charge is 2.39. The summed E-state index contributed by atoms with van der Waals surface area (Å²) >= 11 is 0. The standard InChI is InChI=1S/C18H16N2O/c1-11-12-7-3-5-9-14(12)19-16(11)17-18(2,21)13-8-4-6-10-15(13)20-17/h3-10,19,21H,1-2H3. The number of nitrogens with zero attached hydrogens (tertiary/aromatic N) is 1. The van der Waals surface area contributed by atoms with Crippen molar-refractivity contribution >= 4 is 22.3 Å². The first-order valence-electron chi connectivity index (χ1n) is 7.08. The molecule has 0 aliphatic carbocycles. The van der Waals surface area contributed by atoms with Gasteiger partial charge in [-0.05, 0) is 31.5 Å². The van der Waals surface area contributed by atoms with Gasteiger partial charge in [0.1, 0.15) is 11.3 Å². The van der Waals surface area contributed by atoms with Gasteiger partial charge in [0.05, 0.1) is 11.4 Å². The van der Waals surface area contributed by atoms with E-state index in [1.165, 1.54) is 5.39 Å². The van der Waals surface area contributed by atoms with E-state index in [1.54, 1.807) is 0 Å². The molecule has 3 heteroatoms. The van der Waals surface area contributed by atoms with E-state index in [4.69, 9.17) is 0 Å². The van der Waals surface area contributed by atoms with Gasteiger partial charge in [-0.1, -0.05) is 36.4 Å². The molecule has 1 aromatic heterocycles. The van der Waals surface area contributed by atoms with Gasteiger partial charge >= 0.3 is 0 Å². The normalized spacial score (nSPS) is 20.6. The number of benzene rings is 2. The predicted molar refractivity (Wildman–Crippen MR) is 85.2 cm³/mol. The molecule has 1 atom stereocenters. The van der Waals surface area contributed by atoms with Crippen LogP contribution in [0, 0.1) is 6.92 Å². The molecule has 2 aromatic carbocycles. The number of aromatic amines is 1. The van der Waals surface area contributed by atoms with Crippen LogP contribution in [-0.4, -0.2) is 15.8 Å². The summed E-state index contributed by atoms with van der Waals surface area (Å²) in [5, 5.41) is 12.1. The molecular formula is C18H16N2O. The van der Waals surface area contributed by atoms with Crippen molar-refractivity contribution in [1.82, 2.24) is 4.98 Å². The quantitative estimate of drug-likeness (QED) is 0.697. The number of fused-ring (bicyclic) bond motifs is 2. The number of rotatable bonds is 1. The zero-order valence-electron chi connectivity index (χ0n) is 12.0. The van der Waals surface area contributed by atoms with Gasteiger partial charge in [0.15, 0.2) is 0 Å². The Balaban J connectivity index is 1.97. The second-order valence-corrected chi connectivity index (χ2v) is 5.72. The summed E-state index contributed by atoms with van der Waals surface area (Å²) in [6.45, 7) is 3.87. The smallest absolute Gasteiger partial charge is 0.133 e. The maximum Gasteiger partial charge on any atom is 0.133 e. The molecule has 3 aromatic rings. The van der Waals surface area contributed by atoms with Gasteiger partial charge < -0.3 is 10.1 Å². The van der Waals surface area contributed by atoms with Crippen LogP contribution in [0.1, 0.15) is 23.7 Å². The average molecular weight is 276 g/mol. The zero-order valence-corrected chi connectivity index (χ0v) is 12.0. The van der Waals surface area contributed by atoms with Crippen molar-refractivity contribution in [3.05, 3.63) is 65.4 Å². The summed E-state index contributed by atoms with van der Waals surface area (Å²) in [6.07, 6.45) is 0. The molecule has 0 spiro atoms. The number of aryl methyl sites for hydroxylation is 1. The number of hydrogen-bond acceptors (Lipinski definition) is 2. The third-order valence-electron chi connectivity index (χ3n) is 4.32. The highest BCUT2D eigenvalue weighted by molar-refractivity contribution is 6.13. The lowest BCUT2D eigenvalue weighted by molar-refractivity contribution is 0.137. The molecule has 104 valence electrons. The second-order valence-electron chi connectivity index (χ2n) is 5.72. The van der Waals surface area contributed by atoms with Gasteiger partial charge in [0, 0.05) is 16.5 Å². The van der Waals surface area contributed by atoms with Crippen LogP contribution in [0.15, 0.2) is 53.5 Å². The summed E-state index contributed by atoms with van der Waals surface area (Å²) in [4.78, 5) is 8.07. The number of nitrogens with one attached hydrogen (secondary N) is 1. The Bertz CT molecular complexity index is 887. The largest absolute Gasteiger partial charge is 0.379 e. The van der Waals surface area contributed by atoms with Gasteiger partial charge in [-0.3, -0.25) is 0 Å². The van der Waals surface area contributed by atoms with E-state index in [1.807, 2.05) is 49.4 Å². The molecular weight excluding hydrogens is 260 g/mol. The van der Waals surface area contributed by atoms with E-state index in [0.29, 0.717) is 5.71 Å². The topological polar surface area (TPSA) is 48.4 Å². The molecule has 21 heavy (non-hydrogen) atoms. The van der Waals surface area contributed by atoms with E-state index < -0.39 is 5.60 Å². The maximum absolute atomic E-state index is 11.0. The minimum atomic E-state index is -1.07. The predicted octanol–water partition coefficient (Wildman–Crippen LogP) is 3.82. The number of aliphatic hydroxyl groups is 1. The maximum atomic E-state index is 11.0. The summed E-state index contributed by atoms with van der Waals surface area (Å²) in [5.74, 6) is 0. The van der Waals surface area contributed by atoms with Crippen LogP contribution in [-0.2, 0) is 5.60 Å². The Kier molecular flexibility index (Phi) is 2.39. The Labute approximate surface area is 123 Å². The molecule has 0 radical (unpaired) electrons. The van der Waals surface area contributed by atoms with Crippen LogP contribution in [0.5, 0.6) is 0 Å². The van der Waals surface area contributed by atoms with E-state index in [2.05, 4.69) is 23.0 Å². The number of aromatic nitrogens is 1. The van der Waals surface area contributed by atoms with Crippen LogP contribution in [0.3, 0.4) is 0 Å². The van der Waals surface area contributed by atoms with Crippen LogP contribution in [0.4, 0.5) is 5.69 Å². The lowest BCUT2D eigenvalue weighted by Crippen LogP contribution is -2.30. The third kappa shape index (κ3) is 1.61. The van der Waals surface area contributed by atoms with Crippen molar-refractivity contribution in [3.63, 3.8) is 0 Å². The average Bonchev–Trinajstić information content (AvgIpc) is 2.95. The zero-order chi connectivity index (χ0) is 14.6. The molecule has 1 aliphatic heterocycles. The molecule has 0 saturated carbocycles. The minimum Gasteiger partial charge on any atom is -0.379 e. The fraction of sp³-hybridized carbons (Fsp3) is 0.167. The third-order valence-corrected chi connectivity index (χ3v) is 4.32. The van der Waals surface area contributed by atoms with Gasteiger partial charge in [-0.25, -0.2) is 4.99 Å². The molecule has 0 amide bonds. The van der Waals surface area contributed by atoms with E-state index in [-0.39, 0.29) is 0 Å². The molecule has 0 fully saturated rings. The van der Waals surface area contributed by atoms with Crippen molar-refractivity contribution in [2.75, 3.05) is 0 Å². The van der Waals surface area contributed by atoms with E-state index in [0.717, 1.165) is 28.0 Å². The SMILES string of the molecule is Cc1c(C2=Nc3ccccc3C2(C)O)[nH]c2ccccc12. The van der Waals surface area contributed by atoms with Crippen LogP contribution >= 0.6 is 0 Å². The van der Waals surface area contributed by atoms with Gasteiger partial charge in [-0.15, -0.1) is 0 Å². The Morgan fingerprint density at radius 3 is 2.52 bits per heavy atom. The molecule has 3 nitrogen and oxygen atoms in total. The van der Waals surface area contributed by atoms with Crippen LogP contribution in [0.2, 0.25) is 0 Å². The highest BCUT2D eigenvalue weighted by Crippen LogP contribution is 2.41. The summed E-state index contributed by atoms with van der Waals surface area (Å²) in [7, 11) is 0. The number of H-pyrrole nitrogens is 1. The molecule has 0 saturated heterocycles. The second kappa shape index (κ2) is 4.06. The Hall–Kier alpha value is -2.39. The number of aliphatic imine (C=N–C) groups is 1. The first-order chi connectivity index (χ1) is 10.1. The molecule has 1 aliphatic rings. The van der Waals surface area contributed by atoms with Gasteiger partial charge in [-0.2, -0.15) is 0 Å². The van der Waals surface area contributed by atoms with Crippen LogP contribution in [0.25, 0.3) is 10.9 Å². The number of para-hydroxylation sites is 2. The monoisotopic (exact) mass is 276 g/mol. The lowest BCUT2D eigenvalue weighted by Gasteiger charge is -2.20. The summed E-state index contributed by atoms with van der Waals surface area (Å²) in [5.41, 5.74) is 4.43. The Morgan fingerprint density at radius 1 is 1.05 bits per heavy atom. The minimum absolute atomic E-state index is 0.692. The van der Waals surface area contributed by atoms with Crippen LogP contribution < -0.4 is 0 Å².